The Morgan fingerprint density at radius 1 is 1.12 bits per heavy atom. The minimum Gasteiger partial charge on any atom is -0.356 e. The number of anilines is 2. The van der Waals surface area contributed by atoms with Gasteiger partial charge in [0.2, 0.25) is 5.91 Å². The van der Waals surface area contributed by atoms with Gasteiger partial charge in [-0.25, -0.2) is 4.98 Å². The highest BCUT2D eigenvalue weighted by Crippen LogP contribution is 2.26. The molecule has 0 aliphatic carbocycles. The highest BCUT2D eigenvalue weighted by Gasteiger charge is 2.18. The van der Waals surface area contributed by atoms with E-state index in [1.54, 1.807) is 12.3 Å². The van der Waals surface area contributed by atoms with Gasteiger partial charge in [0, 0.05) is 30.9 Å². The Kier molecular flexibility index (Phi) is 4.64. The van der Waals surface area contributed by atoms with Gasteiger partial charge in [-0.1, -0.05) is 35.5 Å². The number of pyridine rings is 1. The minimum atomic E-state index is -0.133. The van der Waals surface area contributed by atoms with Crippen LogP contribution in [-0.2, 0) is 11.2 Å². The van der Waals surface area contributed by atoms with Crippen LogP contribution in [0.2, 0.25) is 0 Å². The van der Waals surface area contributed by atoms with E-state index >= 15 is 0 Å². The van der Waals surface area contributed by atoms with E-state index in [1.165, 1.54) is 0 Å². The standard InChI is InChI=1S/C20H20N4O2/c25-19(14-16-13-18(26-23-16)15-7-2-1-3-8-15)22-17-9-6-10-21-20(17)24-11-4-5-12-24/h1-3,6-10,13H,4-5,11-12,14H2,(H,22,25). The molecule has 132 valence electrons. The largest absolute Gasteiger partial charge is 0.356 e. The molecule has 1 saturated heterocycles. The quantitative estimate of drug-likeness (QED) is 0.764. The molecule has 0 saturated carbocycles. The second kappa shape index (κ2) is 7.39. The summed E-state index contributed by atoms with van der Waals surface area (Å²) in [4.78, 5) is 19.1. The number of nitrogens with one attached hydrogen (secondary N) is 1. The predicted octanol–water partition coefficient (Wildman–Crippen LogP) is 3.52. The number of benzene rings is 1. The monoisotopic (exact) mass is 348 g/mol. The van der Waals surface area contributed by atoms with Gasteiger partial charge in [-0.3, -0.25) is 4.79 Å². The van der Waals surface area contributed by atoms with Gasteiger partial charge in [0.25, 0.3) is 0 Å². The first-order valence-electron chi connectivity index (χ1n) is 8.80. The van der Waals surface area contributed by atoms with Gasteiger partial charge < -0.3 is 14.7 Å². The van der Waals surface area contributed by atoms with Crippen molar-refractivity contribution >= 4 is 17.4 Å². The van der Waals surface area contributed by atoms with Crippen LogP contribution in [0.4, 0.5) is 11.5 Å². The lowest BCUT2D eigenvalue weighted by Gasteiger charge is -2.19. The van der Waals surface area contributed by atoms with Gasteiger partial charge >= 0.3 is 0 Å². The summed E-state index contributed by atoms with van der Waals surface area (Å²) in [7, 11) is 0. The Morgan fingerprint density at radius 2 is 1.92 bits per heavy atom. The first-order valence-corrected chi connectivity index (χ1v) is 8.80. The molecule has 1 N–H and O–H groups in total. The zero-order valence-electron chi connectivity index (χ0n) is 14.4. The predicted molar refractivity (Wildman–Crippen MR) is 100.0 cm³/mol. The number of carbonyl (C=O) groups excluding carboxylic acids is 1. The first-order chi connectivity index (χ1) is 12.8. The van der Waals surface area contributed by atoms with Crippen LogP contribution in [0.5, 0.6) is 0 Å². The Labute approximate surface area is 151 Å². The summed E-state index contributed by atoms with van der Waals surface area (Å²) in [5.41, 5.74) is 2.29. The molecular formula is C20H20N4O2. The van der Waals surface area contributed by atoms with Crippen molar-refractivity contribution in [2.24, 2.45) is 0 Å². The second-order valence-corrected chi connectivity index (χ2v) is 6.34. The van der Waals surface area contributed by atoms with Gasteiger partial charge in [0.05, 0.1) is 17.8 Å². The molecule has 6 nitrogen and oxygen atoms in total. The molecule has 0 spiro atoms. The molecule has 26 heavy (non-hydrogen) atoms. The van der Waals surface area contributed by atoms with E-state index in [4.69, 9.17) is 4.52 Å². The van der Waals surface area contributed by atoms with E-state index in [-0.39, 0.29) is 12.3 Å². The average molecular weight is 348 g/mol. The van der Waals surface area contributed by atoms with Crippen molar-refractivity contribution in [3.05, 3.63) is 60.4 Å². The number of nitrogens with zero attached hydrogens (tertiary/aromatic N) is 3. The van der Waals surface area contributed by atoms with Crippen molar-refractivity contribution in [3.63, 3.8) is 0 Å². The molecule has 0 unspecified atom stereocenters. The van der Waals surface area contributed by atoms with Crippen LogP contribution in [0.1, 0.15) is 18.5 Å². The lowest BCUT2D eigenvalue weighted by Crippen LogP contribution is -2.22. The summed E-state index contributed by atoms with van der Waals surface area (Å²) in [6.07, 6.45) is 4.23. The van der Waals surface area contributed by atoms with Crippen LogP contribution in [0, 0.1) is 0 Å². The SMILES string of the molecule is O=C(Cc1cc(-c2ccccc2)on1)Nc1cccnc1N1CCCC1. The summed E-state index contributed by atoms with van der Waals surface area (Å²) in [5.74, 6) is 1.36. The highest BCUT2D eigenvalue weighted by molar-refractivity contribution is 5.94. The van der Waals surface area contributed by atoms with Crippen molar-refractivity contribution in [3.8, 4) is 11.3 Å². The van der Waals surface area contributed by atoms with Gasteiger partial charge in [-0.05, 0) is 25.0 Å². The Hall–Kier alpha value is -3.15. The Balaban J connectivity index is 1.44. The lowest BCUT2D eigenvalue weighted by molar-refractivity contribution is -0.115. The molecule has 6 heteroatoms. The average Bonchev–Trinajstić information content (AvgIpc) is 3.35. The third kappa shape index (κ3) is 3.59. The summed E-state index contributed by atoms with van der Waals surface area (Å²) < 4.78 is 5.36. The number of amides is 1. The van der Waals surface area contributed by atoms with Crippen LogP contribution in [0.15, 0.2) is 59.3 Å². The van der Waals surface area contributed by atoms with E-state index in [2.05, 4.69) is 20.4 Å². The van der Waals surface area contributed by atoms with Crippen LogP contribution < -0.4 is 10.2 Å². The molecule has 1 aliphatic heterocycles. The van der Waals surface area contributed by atoms with Crippen LogP contribution >= 0.6 is 0 Å². The van der Waals surface area contributed by atoms with Gasteiger partial charge in [0.15, 0.2) is 11.6 Å². The number of carbonyl (C=O) groups is 1. The van der Waals surface area contributed by atoms with E-state index in [9.17, 15) is 4.79 Å². The number of hydrogen-bond donors (Lipinski definition) is 1. The maximum absolute atomic E-state index is 12.5. The molecule has 1 fully saturated rings. The molecular weight excluding hydrogens is 328 g/mol. The third-order valence-corrected chi connectivity index (χ3v) is 4.43. The molecule has 4 rings (SSSR count). The molecule has 1 aromatic carbocycles. The number of aromatic nitrogens is 2. The Bertz CT molecular complexity index is 886. The number of rotatable bonds is 5. The van der Waals surface area contributed by atoms with E-state index in [1.807, 2.05) is 42.5 Å². The van der Waals surface area contributed by atoms with Gasteiger partial charge in [-0.15, -0.1) is 0 Å². The van der Waals surface area contributed by atoms with E-state index in [0.29, 0.717) is 11.5 Å². The third-order valence-electron chi connectivity index (χ3n) is 4.43. The fourth-order valence-electron chi connectivity index (χ4n) is 3.17. The van der Waals surface area contributed by atoms with Crippen LogP contribution in [0.3, 0.4) is 0 Å². The topological polar surface area (TPSA) is 71.3 Å². The second-order valence-electron chi connectivity index (χ2n) is 6.34. The van der Waals surface area contributed by atoms with Gasteiger partial charge in [0.1, 0.15) is 0 Å². The lowest BCUT2D eigenvalue weighted by atomic mass is 10.1. The van der Waals surface area contributed by atoms with Gasteiger partial charge in [-0.2, -0.15) is 0 Å². The molecule has 2 aromatic heterocycles. The Morgan fingerprint density at radius 3 is 2.73 bits per heavy atom. The van der Waals surface area contributed by atoms with Crippen LogP contribution in [0.25, 0.3) is 11.3 Å². The molecule has 3 aromatic rings. The maximum Gasteiger partial charge on any atom is 0.230 e. The summed E-state index contributed by atoms with van der Waals surface area (Å²) in [6.45, 7) is 1.95. The summed E-state index contributed by atoms with van der Waals surface area (Å²) >= 11 is 0. The molecule has 1 amide bonds. The van der Waals surface area contributed by atoms with Crippen molar-refractivity contribution in [1.29, 1.82) is 0 Å². The molecule has 3 heterocycles. The van der Waals surface area contributed by atoms with Crippen molar-refractivity contribution in [2.75, 3.05) is 23.3 Å². The molecule has 0 bridgehead atoms. The molecule has 1 aliphatic rings. The smallest absolute Gasteiger partial charge is 0.230 e. The van der Waals surface area contributed by atoms with Crippen molar-refractivity contribution < 1.29 is 9.32 Å². The zero-order chi connectivity index (χ0) is 17.8. The first kappa shape index (κ1) is 16.3. The zero-order valence-corrected chi connectivity index (χ0v) is 14.4. The highest BCUT2D eigenvalue weighted by atomic mass is 16.5. The van der Waals surface area contributed by atoms with E-state index in [0.717, 1.165) is 43.0 Å². The van der Waals surface area contributed by atoms with Crippen molar-refractivity contribution in [1.82, 2.24) is 10.1 Å². The number of hydrogen-bond acceptors (Lipinski definition) is 5. The molecule has 0 radical (unpaired) electrons. The maximum atomic E-state index is 12.5. The van der Waals surface area contributed by atoms with E-state index < -0.39 is 0 Å². The molecule has 0 atom stereocenters. The minimum absolute atomic E-state index is 0.133. The van der Waals surface area contributed by atoms with Crippen LogP contribution in [-0.4, -0.2) is 29.1 Å². The summed E-state index contributed by atoms with van der Waals surface area (Å²) in [6, 6.07) is 15.2. The van der Waals surface area contributed by atoms with Crippen molar-refractivity contribution in [2.45, 2.75) is 19.3 Å². The fraction of sp³-hybridized carbons (Fsp3) is 0.250. The summed E-state index contributed by atoms with van der Waals surface area (Å²) in [5, 5.41) is 6.97. The normalized spacial score (nSPS) is 13.8. The fourth-order valence-corrected chi connectivity index (χ4v) is 3.17.